The summed E-state index contributed by atoms with van der Waals surface area (Å²) in [6, 6.07) is 11.9. The number of carbonyl (C=O) groups is 2. The molecule has 138 valence electrons. The lowest BCUT2D eigenvalue weighted by molar-refractivity contribution is -0.155. The van der Waals surface area contributed by atoms with Crippen LogP contribution in [0.4, 0.5) is 10.1 Å². The van der Waals surface area contributed by atoms with E-state index in [0.717, 1.165) is 6.42 Å². The van der Waals surface area contributed by atoms with Gasteiger partial charge >= 0.3 is 5.97 Å². The summed E-state index contributed by atoms with van der Waals surface area (Å²) in [6.45, 7) is 5.36. The van der Waals surface area contributed by atoms with Gasteiger partial charge in [-0.3, -0.25) is 4.79 Å². The first-order valence-electron chi connectivity index (χ1n) is 8.43. The molecule has 2 aromatic carbocycles. The molecule has 0 unspecified atom stereocenters. The van der Waals surface area contributed by atoms with Gasteiger partial charge in [-0.15, -0.1) is 0 Å². The molecule has 2 atom stereocenters. The van der Waals surface area contributed by atoms with E-state index in [-0.39, 0.29) is 17.8 Å². The van der Waals surface area contributed by atoms with Crippen LogP contribution in [0.5, 0.6) is 5.75 Å². The standard InChI is InChI=1S/C20H22FNO4/c1-4-13(2)25-20(24)14(3)26-18-11-5-15(6-12-18)19(23)22-17-9-7-16(21)8-10-17/h5-14H,4H2,1-3H3,(H,22,23)/t13-,14+/m1/s1. The van der Waals surface area contributed by atoms with Crippen LogP contribution in [0.2, 0.25) is 0 Å². The van der Waals surface area contributed by atoms with Crippen molar-refractivity contribution in [2.45, 2.75) is 39.4 Å². The molecule has 6 heteroatoms. The van der Waals surface area contributed by atoms with Crippen LogP contribution in [0, 0.1) is 5.82 Å². The van der Waals surface area contributed by atoms with Crippen LogP contribution < -0.4 is 10.1 Å². The molecule has 0 aliphatic rings. The average Bonchev–Trinajstić information content (AvgIpc) is 2.63. The van der Waals surface area contributed by atoms with Crippen molar-refractivity contribution in [1.29, 1.82) is 0 Å². The van der Waals surface area contributed by atoms with E-state index < -0.39 is 12.1 Å². The molecule has 5 nitrogen and oxygen atoms in total. The van der Waals surface area contributed by atoms with Gasteiger partial charge in [-0.2, -0.15) is 0 Å². The van der Waals surface area contributed by atoms with Crippen LogP contribution in [0.25, 0.3) is 0 Å². The minimum Gasteiger partial charge on any atom is -0.479 e. The molecule has 0 heterocycles. The second kappa shape index (κ2) is 8.99. The SMILES string of the molecule is CC[C@@H](C)OC(=O)[C@H](C)Oc1ccc(C(=O)Nc2ccc(F)cc2)cc1. The normalized spacial score (nSPS) is 12.8. The first kappa shape index (κ1) is 19.4. The number of rotatable bonds is 7. The highest BCUT2D eigenvalue weighted by Crippen LogP contribution is 2.16. The summed E-state index contributed by atoms with van der Waals surface area (Å²) in [5, 5.41) is 2.67. The predicted molar refractivity (Wildman–Crippen MR) is 96.7 cm³/mol. The zero-order chi connectivity index (χ0) is 19.1. The first-order chi connectivity index (χ1) is 12.4. The Hall–Kier alpha value is -2.89. The third-order valence-corrected chi connectivity index (χ3v) is 3.76. The largest absolute Gasteiger partial charge is 0.479 e. The number of benzene rings is 2. The third-order valence-electron chi connectivity index (χ3n) is 3.76. The fourth-order valence-electron chi connectivity index (χ4n) is 2.05. The van der Waals surface area contributed by atoms with Crippen LogP contribution in [-0.4, -0.2) is 24.1 Å². The van der Waals surface area contributed by atoms with Crippen molar-refractivity contribution in [3.63, 3.8) is 0 Å². The molecule has 1 amide bonds. The van der Waals surface area contributed by atoms with Crippen LogP contribution in [0.15, 0.2) is 48.5 Å². The van der Waals surface area contributed by atoms with Crippen molar-refractivity contribution in [3.05, 3.63) is 59.9 Å². The molecule has 0 saturated heterocycles. The summed E-state index contributed by atoms with van der Waals surface area (Å²) in [5.41, 5.74) is 0.912. The van der Waals surface area contributed by atoms with E-state index in [0.29, 0.717) is 17.0 Å². The smallest absolute Gasteiger partial charge is 0.347 e. The summed E-state index contributed by atoms with van der Waals surface area (Å²) in [5.74, 6) is -0.674. The summed E-state index contributed by atoms with van der Waals surface area (Å²) in [6.07, 6.45) is -0.176. The molecule has 0 aliphatic carbocycles. The van der Waals surface area contributed by atoms with Crippen LogP contribution in [-0.2, 0) is 9.53 Å². The lowest BCUT2D eigenvalue weighted by atomic mass is 10.2. The maximum Gasteiger partial charge on any atom is 0.347 e. The van der Waals surface area contributed by atoms with E-state index in [1.807, 2.05) is 13.8 Å². The molecule has 1 N–H and O–H groups in total. The van der Waals surface area contributed by atoms with E-state index in [1.165, 1.54) is 24.3 Å². The predicted octanol–water partition coefficient (Wildman–Crippen LogP) is 4.19. The molecule has 0 saturated carbocycles. The fraction of sp³-hybridized carbons (Fsp3) is 0.300. The molecule has 0 bridgehead atoms. The quantitative estimate of drug-likeness (QED) is 0.753. The van der Waals surface area contributed by atoms with E-state index >= 15 is 0 Å². The number of carbonyl (C=O) groups excluding carboxylic acids is 2. The molecule has 0 aromatic heterocycles. The van der Waals surface area contributed by atoms with Crippen molar-refractivity contribution in [1.82, 2.24) is 0 Å². The third kappa shape index (κ3) is 5.58. The number of hydrogen-bond acceptors (Lipinski definition) is 4. The highest BCUT2D eigenvalue weighted by atomic mass is 19.1. The Bertz CT molecular complexity index is 743. The number of amides is 1. The molecule has 0 radical (unpaired) electrons. The fourth-order valence-corrected chi connectivity index (χ4v) is 2.05. The number of ether oxygens (including phenoxy) is 2. The van der Waals surface area contributed by atoms with Crippen LogP contribution >= 0.6 is 0 Å². The Labute approximate surface area is 152 Å². The minimum absolute atomic E-state index is 0.161. The second-order valence-corrected chi connectivity index (χ2v) is 5.90. The van der Waals surface area contributed by atoms with Gasteiger partial charge in [-0.05, 0) is 68.8 Å². The number of hydrogen-bond donors (Lipinski definition) is 1. The van der Waals surface area contributed by atoms with Crippen molar-refractivity contribution < 1.29 is 23.5 Å². The van der Waals surface area contributed by atoms with Crippen LogP contribution in [0.1, 0.15) is 37.6 Å². The maximum atomic E-state index is 12.9. The summed E-state index contributed by atoms with van der Waals surface area (Å²) in [7, 11) is 0. The summed E-state index contributed by atoms with van der Waals surface area (Å²) in [4.78, 5) is 24.1. The monoisotopic (exact) mass is 359 g/mol. The topological polar surface area (TPSA) is 64.6 Å². The molecular formula is C20H22FNO4. The van der Waals surface area contributed by atoms with Crippen molar-refractivity contribution in [2.24, 2.45) is 0 Å². The molecule has 2 aromatic rings. The van der Waals surface area contributed by atoms with Gasteiger partial charge in [0, 0.05) is 11.3 Å². The summed E-state index contributed by atoms with van der Waals surface area (Å²) < 4.78 is 23.6. The molecule has 0 fully saturated rings. The number of nitrogens with one attached hydrogen (secondary N) is 1. The Morgan fingerprint density at radius 1 is 1.04 bits per heavy atom. The van der Waals surface area contributed by atoms with Crippen molar-refractivity contribution in [2.75, 3.05) is 5.32 Å². The lowest BCUT2D eigenvalue weighted by Gasteiger charge is -2.17. The van der Waals surface area contributed by atoms with E-state index in [4.69, 9.17) is 9.47 Å². The average molecular weight is 359 g/mol. The van der Waals surface area contributed by atoms with E-state index in [9.17, 15) is 14.0 Å². The molecular weight excluding hydrogens is 337 g/mol. The maximum absolute atomic E-state index is 12.9. The van der Waals surface area contributed by atoms with E-state index in [1.54, 1.807) is 31.2 Å². The van der Waals surface area contributed by atoms with Crippen molar-refractivity contribution >= 4 is 17.6 Å². The van der Waals surface area contributed by atoms with Gasteiger partial charge in [0.1, 0.15) is 11.6 Å². The van der Waals surface area contributed by atoms with Gasteiger partial charge in [0.2, 0.25) is 0 Å². The zero-order valence-electron chi connectivity index (χ0n) is 15.0. The Balaban J connectivity index is 1.93. The van der Waals surface area contributed by atoms with Gasteiger partial charge in [0.15, 0.2) is 6.10 Å². The van der Waals surface area contributed by atoms with Gasteiger partial charge in [0.05, 0.1) is 6.10 Å². The van der Waals surface area contributed by atoms with Gasteiger partial charge in [-0.1, -0.05) is 6.92 Å². The van der Waals surface area contributed by atoms with Gasteiger partial charge in [0.25, 0.3) is 5.91 Å². The van der Waals surface area contributed by atoms with Gasteiger partial charge in [-0.25, -0.2) is 9.18 Å². The Morgan fingerprint density at radius 2 is 1.65 bits per heavy atom. The number of esters is 1. The van der Waals surface area contributed by atoms with Crippen molar-refractivity contribution in [3.8, 4) is 5.75 Å². The number of anilines is 1. The van der Waals surface area contributed by atoms with Crippen LogP contribution in [0.3, 0.4) is 0 Å². The molecule has 0 aliphatic heterocycles. The number of halogens is 1. The Kier molecular flexibility index (Phi) is 6.72. The summed E-state index contributed by atoms with van der Waals surface area (Å²) >= 11 is 0. The molecule has 26 heavy (non-hydrogen) atoms. The molecule has 0 spiro atoms. The molecule has 2 rings (SSSR count). The van der Waals surface area contributed by atoms with E-state index in [2.05, 4.69) is 5.32 Å². The zero-order valence-corrected chi connectivity index (χ0v) is 15.0. The Morgan fingerprint density at radius 3 is 2.23 bits per heavy atom. The highest BCUT2D eigenvalue weighted by Gasteiger charge is 2.18. The minimum atomic E-state index is -0.747. The lowest BCUT2D eigenvalue weighted by Crippen LogP contribution is -2.29. The highest BCUT2D eigenvalue weighted by molar-refractivity contribution is 6.04. The first-order valence-corrected chi connectivity index (χ1v) is 8.43. The second-order valence-electron chi connectivity index (χ2n) is 5.90. The van der Waals surface area contributed by atoms with Gasteiger partial charge < -0.3 is 14.8 Å².